The Hall–Kier alpha value is -1.69. The van der Waals surface area contributed by atoms with Crippen LogP contribution in [0.5, 0.6) is 5.88 Å². The molecule has 0 aliphatic carbocycles. The van der Waals surface area contributed by atoms with Gasteiger partial charge in [0.1, 0.15) is 6.61 Å². The van der Waals surface area contributed by atoms with E-state index in [4.69, 9.17) is 16.2 Å². The third-order valence-corrected chi connectivity index (χ3v) is 2.81. The molecule has 0 aliphatic heterocycles. The second-order valence-corrected chi connectivity index (χ2v) is 3.98. The van der Waals surface area contributed by atoms with Gasteiger partial charge in [-0.25, -0.2) is 0 Å². The number of nitrogens with zero attached hydrogens (tertiary/aromatic N) is 2. The Morgan fingerprint density at radius 2 is 2.00 bits per heavy atom. The van der Waals surface area contributed by atoms with Gasteiger partial charge in [0.05, 0.1) is 0 Å². The van der Waals surface area contributed by atoms with Gasteiger partial charge in [0.2, 0.25) is 5.88 Å². The maximum Gasteiger partial charge on any atom is 0.269 e. The van der Waals surface area contributed by atoms with Crippen molar-refractivity contribution in [3.63, 3.8) is 0 Å². The number of primary amides is 1. The van der Waals surface area contributed by atoms with Crippen molar-refractivity contribution in [2.24, 2.45) is 11.5 Å². The maximum atomic E-state index is 10.8. The number of nitrogens with two attached hydrogens (primary N) is 2. The molecule has 6 nitrogen and oxygen atoms in total. The van der Waals surface area contributed by atoms with E-state index in [0.717, 1.165) is 12.8 Å². The first kappa shape index (κ1) is 13.4. The quantitative estimate of drug-likeness (QED) is 0.749. The summed E-state index contributed by atoms with van der Waals surface area (Å²) in [5.74, 6) is -0.272. The summed E-state index contributed by atoms with van der Waals surface area (Å²) in [6, 6.07) is 3.03. The molecule has 0 saturated carbocycles. The third kappa shape index (κ3) is 3.67. The van der Waals surface area contributed by atoms with E-state index < -0.39 is 5.91 Å². The lowest BCUT2D eigenvalue weighted by atomic mass is 9.96. The van der Waals surface area contributed by atoms with Crippen molar-refractivity contribution in [2.45, 2.75) is 32.2 Å². The minimum atomic E-state index is -0.612. The molecule has 1 heterocycles. The van der Waals surface area contributed by atoms with E-state index in [0.29, 0.717) is 12.5 Å². The zero-order valence-electron chi connectivity index (χ0n) is 10.1. The number of ether oxygens (including phenoxy) is 1. The first-order valence-electron chi connectivity index (χ1n) is 5.56. The van der Waals surface area contributed by atoms with Crippen molar-refractivity contribution in [1.82, 2.24) is 10.2 Å². The van der Waals surface area contributed by atoms with Crippen LogP contribution < -0.4 is 16.2 Å². The van der Waals surface area contributed by atoms with Gasteiger partial charge in [-0.2, -0.15) is 0 Å². The fraction of sp³-hybridized carbons (Fsp3) is 0.545. The number of aromatic nitrogens is 2. The highest BCUT2D eigenvalue weighted by Gasteiger charge is 2.21. The minimum absolute atomic E-state index is 0.113. The highest BCUT2D eigenvalue weighted by atomic mass is 16.5. The molecule has 0 radical (unpaired) electrons. The van der Waals surface area contributed by atoms with Crippen molar-refractivity contribution in [1.29, 1.82) is 0 Å². The lowest BCUT2D eigenvalue weighted by Crippen LogP contribution is -2.44. The summed E-state index contributed by atoms with van der Waals surface area (Å²) in [4.78, 5) is 10.8. The Bertz CT molecular complexity index is 374. The molecule has 0 saturated heterocycles. The summed E-state index contributed by atoms with van der Waals surface area (Å²) >= 11 is 0. The largest absolute Gasteiger partial charge is 0.475 e. The van der Waals surface area contributed by atoms with Crippen LogP contribution in [0.1, 0.15) is 37.2 Å². The highest BCUT2D eigenvalue weighted by molar-refractivity contribution is 5.90. The Morgan fingerprint density at radius 1 is 1.35 bits per heavy atom. The second kappa shape index (κ2) is 5.58. The Kier molecular flexibility index (Phi) is 4.39. The average molecular weight is 238 g/mol. The Balaban J connectivity index is 2.61. The van der Waals surface area contributed by atoms with Crippen LogP contribution in [0, 0.1) is 0 Å². The first-order chi connectivity index (χ1) is 8.00. The molecule has 0 aliphatic rings. The summed E-state index contributed by atoms with van der Waals surface area (Å²) in [5.41, 5.74) is 10.9. The topological polar surface area (TPSA) is 104 Å². The van der Waals surface area contributed by atoms with E-state index in [1.54, 1.807) is 6.07 Å². The van der Waals surface area contributed by atoms with Gasteiger partial charge in [-0.05, 0) is 18.9 Å². The average Bonchev–Trinajstić information content (AvgIpc) is 2.36. The van der Waals surface area contributed by atoms with E-state index in [9.17, 15) is 4.79 Å². The zero-order valence-corrected chi connectivity index (χ0v) is 10.1. The van der Waals surface area contributed by atoms with Crippen LogP contribution in [-0.2, 0) is 0 Å². The Labute approximate surface area is 100 Å². The molecule has 1 amide bonds. The molecule has 0 bridgehead atoms. The molecule has 17 heavy (non-hydrogen) atoms. The van der Waals surface area contributed by atoms with Crippen molar-refractivity contribution in [2.75, 3.05) is 6.61 Å². The van der Waals surface area contributed by atoms with E-state index in [1.165, 1.54) is 6.07 Å². The molecule has 0 atom stereocenters. The fourth-order valence-electron chi connectivity index (χ4n) is 1.20. The van der Waals surface area contributed by atoms with Gasteiger partial charge in [-0.15, -0.1) is 10.2 Å². The third-order valence-electron chi connectivity index (χ3n) is 2.81. The van der Waals surface area contributed by atoms with Crippen molar-refractivity contribution < 1.29 is 9.53 Å². The molecular formula is C11H18N4O2. The van der Waals surface area contributed by atoms with Gasteiger partial charge in [0, 0.05) is 11.6 Å². The van der Waals surface area contributed by atoms with Gasteiger partial charge in [-0.3, -0.25) is 4.79 Å². The normalized spacial score (nSPS) is 11.2. The smallest absolute Gasteiger partial charge is 0.269 e. The van der Waals surface area contributed by atoms with Gasteiger partial charge in [0.15, 0.2) is 5.69 Å². The van der Waals surface area contributed by atoms with Crippen LogP contribution in [-0.4, -0.2) is 28.3 Å². The van der Waals surface area contributed by atoms with Crippen LogP contribution in [0.25, 0.3) is 0 Å². The second-order valence-electron chi connectivity index (χ2n) is 3.98. The maximum absolute atomic E-state index is 10.8. The summed E-state index contributed by atoms with van der Waals surface area (Å²) in [6.07, 6.45) is 1.63. The molecule has 0 fully saturated rings. The van der Waals surface area contributed by atoms with Crippen LogP contribution in [0.3, 0.4) is 0 Å². The predicted octanol–water partition coefficient (Wildman–Crippen LogP) is 0.472. The lowest BCUT2D eigenvalue weighted by Gasteiger charge is -2.25. The van der Waals surface area contributed by atoms with Crippen molar-refractivity contribution in [3.05, 3.63) is 17.8 Å². The standard InChI is InChI=1S/C11H18N4O2/c1-3-11(13,4-2)7-17-9-6-5-8(10(12)16)14-15-9/h5-6H,3-4,7,13H2,1-2H3,(H2,12,16). The van der Waals surface area contributed by atoms with Crippen molar-refractivity contribution in [3.8, 4) is 5.88 Å². The number of rotatable bonds is 6. The lowest BCUT2D eigenvalue weighted by molar-refractivity contribution is 0.0994. The van der Waals surface area contributed by atoms with Gasteiger partial charge >= 0.3 is 0 Å². The van der Waals surface area contributed by atoms with Crippen LogP contribution >= 0.6 is 0 Å². The molecule has 4 N–H and O–H groups in total. The van der Waals surface area contributed by atoms with Gasteiger partial charge in [-0.1, -0.05) is 13.8 Å². The molecule has 1 aromatic rings. The SMILES string of the molecule is CCC(N)(CC)COc1ccc(C(N)=O)nn1. The molecule has 0 unspecified atom stereocenters. The molecule has 0 aromatic carbocycles. The van der Waals surface area contributed by atoms with E-state index >= 15 is 0 Å². The van der Waals surface area contributed by atoms with Gasteiger partial charge in [0.25, 0.3) is 5.91 Å². The molecule has 1 aromatic heterocycles. The number of carbonyl (C=O) groups excluding carboxylic acids is 1. The first-order valence-corrected chi connectivity index (χ1v) is 5.56. The summed E-state index contributed by atoms with van der Waals surface area (Å²) in [7, 11) is 0. The summed E-state index contributed by atoms with van der Waals surface area (Å²) in [6.45, 7) is 4.38. The zero-order chi connectivity index (χ0) is 12.9. The molecule has 0 spiro atoms. The van der Waals surface area contributed by atoms with Gasteiger partial charge < -0.3 is 16.2 Å². The molecule has 1 rings (SSSR count). The minimum Gasteiger partial charge on any atom is -0.475 e. The molecule has 94 valence electrons. The fourth-order valence-corrected chi connectivity index (χ4v) is 1.20. The molecule has 6 heteroatoms. The van der Waals surface area contributed by atoms with Crippen molar-refractivity contribution >= 4 is 5.91 Å². The van der Waals surface area contributed by atoms with E-state index in [1.807, 2.05) is 13.8 Å². The summed E-state index contributed by atoms with van der Waals surface area (Å²) < 4.78 is 5.44. The number of hydrogen-bond acceptors (Lipinski definition) is 5. The highest BCUT2D eigenvalue weighted by Crippen LogP contribution is 2.13. The number of amides is 1. The monoisotopic (exact) mass is 238 g/mol. The van der Waals surface area contributed by atoms with E-state index in [2.05, 4.69) is 10.2 Å². The van der Waals surface area contributed by atoms with Crippen LogP contribution in [0.4, 0.5) is 0 Å². The van der Waals surface area contributed by atoms with Crippen LogP contribution in [0.15, 0.2) is 12.1 Å². The molecular weight excluding hydrogens is 220 g/mol. The predicted molar refractivity (Wildman–Crippen MR) is 63.5 cm³/mol. The number of hydrogen-bond donors (Lipinski definition) is 2. The van der Waals surface area contributed by atoms with Crippen LogP contribution in [0.2, 0.25) is 0 Å². The Morgan fingerprint density at radius 3 is 2.41 bits per heavy atom. The summed E-state index contributed by atoms with van der Waals surface area (Å²) in [5, 5.41) is 7.38. The number of carbonyl (C=O) groups is 1. The van der Waals surface area contributed by atoms with E-state index in [-0.39, 0.29) is 11.2 Å².